The number of benzene rings is 6. The molecule has 4 heteroatoms. The van der Waals surface area contributed by atoms with Crippen LogP contribution >= 0.6 is 0 Å². The molecule has 6 aromatic carbocycles. The van der Waals surface area contributed by atoms with Crippen LogP contribution in [0.2, 0.25) is 0 Å². The summed E-state index contributed by atoms with van der Waals surface area (Å²) in [7, 11) is 0. The molecule has 0 atom stereocenters. The second-order valence-corrected chi connectivity index (χ2v) is 10.7. The van der Waals surface area contributed by atoms with Gasteiger partial charge >= 0.3 is 0 Å². The Morgan fingerprint density at radius 1 is 0.476 bits per heavy atom. The molecule has 0 aliphatic rings. The van der Waals surface area contributed by atoms with Gasteiger partial charge in [-0.15, -0.1) is 0 Å². The van der Waals surface area contributed by atoms with Crippen LogP contribution in [0.1, 0.15) is 0 Å². The standard InChI is InChI=1S/C38H23N3O/c1-3-12-25(13-4-1)32-22-36(40-38(39-32)26-14-5-2-6-15-26)41-33-18-10-9-17-28(33)30-21-31-29-20-19-24-11-7-8-16-27(24)37(29)42-35(31)23-34(30)41/h1-23H. The fourth-order valence-electron chi connectivity index (χ4n) is 6.23. The smallest absolute Gasteiger partial charge is 0.162 e. The Labute approximate surface area is 241 Å². The van der Waals surface area contributed by atoms with Gasteiger partial charge in [-0.05, 0) is 23.6 Å². The Balaban J connectivity index is 1.38. The number of furan rings is 1. The molecular weight excluding hydrogens is 514 g/mol. The SMILES string of the molecule is c1ccc(-c2cc(-n3c4ccccc4c4cc5c(cc43)oc3c4ccccc4ccc53)nc(-c3ccccc3)n2)cc1. The molecule has 0 saturated heterocycles. The molecule has 0 fully saturated rings. The number of rotatable bonds is 3. The first-order valence-electron chi connectivity index (χ1n) is 14.1. The monoisotopic (exact) mass is 537 g/mol. The van der Waals surface area contributed by atoms with Crippen molar-refractivity contribution in [3.8, 4) is 28.5 Å². The number of fused-ring (bicyclic) bond motifs is 8. The van der Waals surface area contributed by atoms with Crippen molar-refractivity contribution in [3.05, 3.63) is 140 Å². The summed E-state index contributed by atoms with van der Waals surface area (Å²) in [6.07, 6.45) is 0. The minimum Gasteiger partial charge on any atom is -0.455 e. The van der Waals surface area contributed by atoms with E-state index in [-0.39, 0.29) is 0 Å². The van der Waals surface area contributed by atoms with E-state index >= 15 is 0 Å². The van der Waals surface area contributed by atoms with Crippen LogP contribution in [0.25, 0.3) is 83.0 Å². The molecule has 3 aromatic heterocycles. The highest BCUT2D eigenvalue weighted by Gasteiger charge is 2.19. The van der Waals surface area contributed by atoms with Gasteiger partial charge < -0.3 is 4.42 Å². The van der Waals surface area contributed by atoms with Gasteiger partial charge in [0.25, 0.3) is 0 Å². The molecule has 42 heavy (non-hydrogen) atoms. The maximum atomic E-state index is 6.60. The maximum Gasteiger partial charge on any atom is 0.162 e. The van der Waals surface area contributed by atoms with Crippen molar-refractivity contribution in [2.24, 2.45) is 0 Å². The minimum atomic E-state index is 0.689. The van der Waals surface area contributed by atoms with Gasteiger partial charge in [-0.2, -0.15) is 0 Å². The first-order chi connectivity index (χ1) is 20.8. The molecule has 0 bridgehead atoms. The lowest BCUT2D eigenvalue weighted by Gasteiger charge is -2.12. The molecule has 0 unspecified atom stereocenters. The fourth-order valence-corrected chi connectivity index (χ4v) is 6.23. The molecule has 0 aliphatic carbocycles. The zero-order valence-corrected chi connectivity index (χ0v) is 22.5. The summed E-state index contributed by atoms with van der Waals surface area (Å²) >= 11 is 0. The highest BCUT2D eigenvalue weighted by atomic mass is 16.3. The van der Waals surface area contributed by atoms with Crippen LogP contribution in [0.4, 0.5) is 0 Å². The predicted octanol–water partition coefficient (Wildman–Crippen LogP) is 9.96. The molecular formula is C38H23N3O. The molecule has 0 saturated carbocycles. The van der Waals surface area contributed by atoms with Gasteiger partial charge in [0.1, 0.15) is 17.0 Å². The van der Waals surface area contributed by atoms with Gasteiger partial charge in [0.05, 0.1) is 16.7 Å². The van der Waals surface area contributed by atoms with Crippen molar-refractivity contribution in [1.82, 2.24) is 14.5 Å². The van der Waals surface area contributed by atoms with Crippen LogP contribution in [-0.2, 0) is 0 Å². The molecule has 0 N–H and O–H groups in total. The largest absolute Gasteiger partial charge is 0.455 e. The van der Waals surface area contributed by atoms with Crippen molar-refractivity contribution >= 4 is 54.5 Å². The average molecular weight is 538 g/mol. The van der Waals surface area contributed by atoms with E-state index in [1.165, 1.54) is 10.8 Å². The zero-order valence-electron chi connectivity index (χ0n) is 22.5. The third-order valence-corrected chi connectivity index (χ3v) is 8.20. The highest BCUT2D eigenvalue weighted by Crippen LogP contribution is 2.40. The van der Waals surface area contributed by atoms with Crippen molar-refractivity contribution < 1.29 is 4.42 Å². The molecule has 9 rings (SSSR count). The van der Waals surface area contributed by atoms with Crippen LogP contribution in [0.3, 0.4) is 0 Å². The topological polar surface area (TPSA) is 43.9 Å². The molecule has 196 valence electrons. The Hall–Kier alpha value is -5.74. The van der Waals surface area contributed by atoms with E-state index in [0.717, 1.165) is 66.4 Å². The number of nitrogens with zero attached hydrogens (tertiary/aromatic N) is 3. The molecule has 9 aromatic rings. The Morgan fingerprint density at radius 3 is 2.02 bits per heavy atom. The lowest BCUT2D eigenvalue weighted by Crippen LogP contribution is -2.02. The second kappa shape index (κ2) is 8.88. The predicted molar refractivity (Wildman–Crippen MR) is 172 cm³/mol. The molecule has 0 radical (unpaired) electrons. The number of hydrogen-bond acceptors (Lipinski definition) is 3. The quantitative estimate of drug-likeness (QED) is 0.225. The zero-order chi connectivity index (χ0) is 27.6. The van der Waals surface area contributed by atoms with E-state index in [4.69, 9.17) is 14.4 Å². The van der Waals surface area contributed by atoms with E-state index in [0.29, 0.717) is 5.82 Å². The summed E-state index contributed by atoms with van der Waals surface area (Å²) in [4.78, 5) is 10.2. The molecule has 0 aliphatic heterocycles. The average Bonchev–Trinajstić information content (AvgIpc) is 3.59. The van der Waals surface area contributed by atoms with Crippen LogP contribution in [0, 0.1) is 0 Å². The molecule has 0 spiro atoms. The van der Waals surface area contributed by atoms with E-state index in [1.807, 2.05) is 36.4 Å². The molecule has 0 amide bonds. The van der Waals surface area contributed by atoms with Crippen molar-refractivity contribution in [2.45, 2.75) is 0 Å². The summed E-state index contributed by atoms with van der Waals surface area (Å²) < 4.78 is 8.85. The first kappa shape index (κ1) is 23.0. The number of hydrogen-bond donors (Lipinski definition) is 0. The van der Waals surface area contributed by atoms with Crippen molar-refractivity contribution in [3.63, 3.8) is 0 Å². The van der Waals surface area contributed by atoms with Crippen LogP contribution in [-0.4, -0.2) is 14.5 Å². The van der Waals surface area contributed by atoms with Gasteiger partial charge in [-0.1, -0.05) is 109 Å². The Morgan fingerprint density at radius 2 is 1.19 bits per heavy atom. The first-order valence-corrected chi connectivity index (χ1v) is 14.1. The minimum absolute atomic E-state index is 0.689. The summed E-state index contributed by atoms with van der Waals surface area (Å²) in [5.74, 6) is 1.50. The Kier molecular flexibility index (Phi) is 4.87. The van der Waals surface area contributed by atoms with Gasteiger partial charge in [0, 0.05) is 50.2 Å². The second-order valence-electron chi connectivity index (χ2n) is 10.7. The highest BCUT2D eigenvalue weighted by molar-refractivity contribution is 6.20. The lowest BCUT2D eigenvalue weighted by atomic mass is 10.0. The summed E-state index contributed by atoms with van der Waals surface area (Å²) in [5.41, 5.74) is 6.82. The van der Waals surface area contributed by atoms with E-state index in [2.05, 4.69) is 108 Å². The van der Waals surface area contributed by atoms with Gasteiger partial charge in [-0.25, -0.2) is 9.97 Å². The maximum absolute atomic E-state index is 6.60. The normalized spacial score (nSPS) is 11.8. The third kappa shape index (κ3) is 3.42. The molecule has 3 heterocycles. The van der Waals surface area contributed by atoms with E-state index in [1.54, 1.807) is 0 Å². The Bertz CT molecular complexity index is 2400. The van der Waals surface area contributed by atoms with Crippen molar-refractivity contribution in [2.75, 3.05) is 0 Å². The summed E-state index contributed by atoms with van der Waals surface area (Å²) in [6, 6.07) is 48.3. The third-order valence-electron chi connectivity index (χ3n) is 8.20. The van der Waals surface area contributed by atoms with Gasteiger partial charge in [0.15, 0.2) is 5.82 Å². The summed E-state index contributed by atoms with van der Waals surface area (Å²) in [6.45, 7) is 0. The van der Waals surface area contributed by atoms with Crippen LogP contribution < -0.4 is 0 Å². The van der Waals surface area contributed by atoms with Crippen LogP contribution in [0.15, 0.2) is 144 Å². The lowest BCUT2D eigenvalue weighted by molar-refractivity contribution is 0.673. The number of aromatic nitrogens is 3. The van der Waals surface area contributed by atoms with E-state index < -0.39 is 0 Å². The summed E-state index contributed by atoms with van der Waals surface area (Å²) in [5, 5.41) is 6.87. The number of para-hydroxylation sites is 1. The molecule has 4 nitrogen and oxygen atoms in total. The van der Waals surface area contributed by atoms with Gasteiger partial charge in [0.2, 0.25) is 0 Å². The van der Waals surface area contributed by atoms with Gasteiger partial charge in [-0.3, -0.25) is 4.57 Å². The van der Waals surface area contributed by atoms with Crippen LogP contribution in [0.5, 0.6) is 0 Å². The fraction of sp³-hybridized carbons (Fsp3) is 0. The van der Waals surface area contributed by atoms with E-state index in [9.17, 15) is 0 Å². The van der Waals surface area contributed by atoms with Crippen molar-refractivity contribution in [1.29, 1.82) is 0 Å².